The van der Waals surface area contributed by atoms with Crippen LogP contribution in [0.4, 0.5) is 0 Å². The highest BCUT2D eigenvalue weighted by molar-refractivity contribution is 7.96. The number of benzene rings is 3. The molecule has 144 valence electrons. The molecule has 0 aromatic heterocycles. The van der Waals surface area contributed by atoms with E-state index >= 15 is 0 Å². The summed E-state index contributed by atoms with van der Waals surface area (Å²) in [5, 5.41) is 3.72. The standard InChI is InChI=1S/C25H28O2P/c1-21(2)27-19-18-22(26)20-28(23-12-6-3-7-13-23,24-14-8-4-9-15-24)25-16-10-5-11-17-25/h3-17,21H,18-20H2,1-2H3/q+1. The maximum atomic E-state index is 13.1. The smallest absolute Gasteiger partial charge is 0.173 e. The van der Waals surface area contributed by atoms with Gasteiger partial charge in [0, 0.05) is 6.42 Å². The number of carbonyl (C=O) groups excluding carboxylic acids is 1. The summed E-state index contributed by atoms with van der Waals surface area (Å²) < 4.78 is 5.64. The van der Waals surface area contributed by atoms with Crippen LogP contribution in [0.25, 0.3) is 0 Å². The van der Waals surface area contributed by atoms with Crippen molar-refractivity contribution in [2.24, 2.45) is 0 Å². The molecule has 0 radical (unpaired) electrons. The molecule has 0 aliphatic carbocycles. The highest BCUT2D eigenvalue weighted by Crippen LogP contribution is 2.55. The zero-order valence-corrected chi connectivity index (χ0v) is 17.5. The average molecular weight is 391 g/mol. The van der Waals surface area contributed by atoms with Gasteiger partial charge < -0.3 is 4.74 Å². The van der Waals surface area contributed by atoms with Gasteiger partial charge in [0.15, 0.2) is 5.78 Å². The van der Waals surface area contributed by atoms with Crippen molar-refractivity contribution in [2.45, 2.75) is 26.4 Å². The number of carbonyl (C=O) groups is 1. The first kappa shape index (κ1) is 20.5. The van der Waals surface area contributed by atoms with E-state index in [-0.39, 0.29) is 11.9 Å². The Balaban J connectivity index is 2.08. The Morgan fingerprint density at radius 1 is 0.750 bits per heavy atom. The zero-order valence-electron chi connectivity index (χ0n) is 16.6. The predicted octanol–water partition coefficient (Wildman–Crippen LogP) is 4.36. The molecule has 0 amide bonds. The first-order chi connectivity index (χ1) is 13.6. The summed E-state index contributed by atoms with van der Waals surface area (Å²) in [6.45, 7) is 4.48. The van der Waals surface area contributed by atoms with Crippen molar-refractivity contribution in [3.05, 3.63) is 91.0 Å². The quantitative estimate of drug-likeness (QED) is 0.507. The summed E-state index contributed by atoms with van der Waals surface area (Å²) in [6.07, 6.45) is 1.11. The summed E-state index contributed by atoms with van der Waals surface area (Å²) in [5.41, 5.74) is 0. The summed E-state index contributed by atoms with van der Waals surface area (Å²) in [6, 6.07) is 31.6. The predicted molar refractivity (Wildman–Crippen MR) is 121 cm³/mol. The molecule has 3 aromatic rings. The maximum absolute atomic E-state index is 13.1. The van der Waals surface area contributed by atoms with Gasteiger partial charge in [-0.1, -0.05) is 54.6 Å². The molecule has 0 saturated carbocycles. The fourth-order valence-corrected chi connectivity index (χ4v) is 7.69. The van der Waals surface area contributed by atoms with Gasteiger partial charge in [0.05, 0.1) is 12.7 Å². The Morgan fingerprint density at radius 2 is 1.14 bits per heavy atom. The van der Waals surface area contributed by atoms with Gasteiger partial charge in [0.1, 0.15) is 29.3 Å². The largest absolute Gasteiger partial charge is 0.378 e. The summed E-state index contributed by atoms with van der Waals surface area (Å²) >= 11 is 0. The second-order valence-corrected chi connectivity index (χ2v) is 10.7. The van der Waals surface area contributed by atoms with Crippen LogP contribution in [0.5, 0.6) is 0 Å². The van der Waals surface area contributed by atoms with Gasteiger partial charge in [-0.3, -0.25) is 4.79 Å². The van der Waals surface area contributed by atoms with E-state index < -0.39 is 7.26 Å². The van der Waals surface area contributed by atoms with E-state index in [9.17, 15) is 4.79 Å². The molecule has 0 saturated heterocycles. The molecule has 28 heavy (non-hydrogen) atoms. The van der Waals surface area contributed by atoms with Crippen LogP contribution in [-0.4, -0.2) is 24.7 Å². The van der Waals surface area contributed by atoms with Crippen LogP contribution in [0.15, 0.2) is 91.0 Å². The number of ketones is 1. The van der Waals surface area contributed by atoms with Crippen LogP contribution in [0.2, 0.25) is 0 Å². The van der Waals surface area contributed by atoms with Crippen molar-refractivity contribution >= 4 is 29.0 Å². The van der Waals surface area contributed by atoms with E-state index in [0.29, 0.717) is 19.2 Å². The molecule has 3 aromatic carbocycles. The molecule has 0 aliphatic rings. The van der Waals surface area contributed by atoms with Gasteiger partial charge in [-0.25, -0.2) is 0 Å². The van der Waals surface area contributed by atoms with Gasteiger partial charge in [0.25, 0.3) is 0 Å². The zero-order chi connectivity index (χ0) is 19.8. The molecule has 2 nitrogen and oxygen atoms in total. The Hall–Kier alpha value is -2.28. The van der Waals surface area contributed by atoms with E-state index in [2.05, 4.69) is 72.8 Å². The SMILES string of the molecule is CC(C)OCCC(=O)C[P+](c1ccccc1)(c1ccccc1)c1ccccc1. The Morgan fingerprint density at radius 3 is 1.50 bits per heavy atom. The molecular weight excluding hydrogens is 363 g/mol. The molecule has 0 atom stereocenters. The number of Topliss-reactive ketones (excluding diaryl/α,β-unsaturated/α-hetero) is 1. The van der Waals surface area contributed by atoms with Crippen molar-refractivity contribution in [3.63, 3.8) is 0 Å². The van der Waals surface area contributed by atoms with Gasteiger partial charge in [-0.15, -0.1) is 0 Å². The number of hydrogen-bond acceptors (Lipinski definition) is 2. The summed E-state index contributed by atoms with van der Waals surface area (Å²) in [4.78, 5) is 13.1. The Labute approximate surface area is 168 Å². The maximum Gasteiger partial charge on any atom is 0.173 e. The molecular formula is C25H28O2P+. The Kier molecular flexibility index (Phi) is 7.14. The Bertz CT molecular complexity index is 764. The second-order valence-electron chi connectivity index (χ2n) is 7.18. The number of hydrogen-bond donors (Lipinski definition) is 0. The van der Waals surface area contributed by atoms with Gasteiger partial charge in [-0.2, -0.15) is 0 Å². The van der Waals surface area contributed by atoms with Crippen molar-refractivity contribution in [1.29, 1.82) is 0 Å². The molecule has 0 spiro atoms. The topological polar surface area (TPSA) is 26.3 Å². The van der Waals surface area contributed by atoms with Crippen molar-refractivity contribution in [2.75, 3.05) is 12.8 Å². The van der Waals surface area contributed by atoms with Gasteiger partial charge in [0.2, 0.25) is 0 Å². The minimum Gasteiger partial charge on any atom is -0.378 e. The van der Waals surface area contributed by atoms with E-state index in [1.807, 2.05) is 32.0 Å². The van der Waals surface area contributed by atoms with Crippen molar-refractivity contribution < 1.29 is 9.53 Å². The summed E-state index contributed by atoms with van der Waals surface area (Å²) in [5.74, 6) is 0.255. The van der Waals surface area contributed by atoms with Gasteiger partial charge >= 0.3 is 0 Å². The average Bonchev–Trinajstić information content (AvgIpc) is 2.74. The second kappa shape index (κ2) is 9.78. The number of ether oxygens (including phenoxy) is 1. The molecule has 3 rings (SSSR count). The van der Waals surface area contributed by atoms with E-state index in [1.165, 1.54) is 15.9 Å². The van der Waals surface area contributed by atoms with Crippen molar-refractivity contribution in [3.8, 4) is 0 Å². The van der Waals surface area contributed by atoms with Crippen molar-refractivity contribution in [1.82, 2.24) is 0 Å². The van der Waals surface area contributed by atoms with Gasteiger partial charge in [-0.05, 0) is 50.2 Å². The molecule has 0 bridgehead atoms. The fraction of sp³-hybridized carbons (Fsp3) is 0.240. The lowest BCUT2D eigenvalue weighted by Gasteiger charge is -2.27. The van der Waals surface area contributed by atoms with E-state index in [4.69, 9.17) is 4.74 Å². The lowest BCUT2D eigenvalue weighted by atomic mass is 10.3. The molecule has 0 aliphatic heterocycles. The van der Waals surface area contributed by atoms with Crippen LogP contribution < -0.4 is 15.9 Å². The molecule has 0 fully saturated rings. The first-order valence-electron chi connectivity index (χ1n) is 9.81. The highest BCUT2D eigenvalue weighted by atomic mass is 31.2. The molecule has 0 N–H and O–H groups in total. The lowest BCUT2D eigenvalue weighted by Crippen LogP contribution is -2.36. The minimum atomic E-state index is -2.08. The minimum absolute atomic E-state index is 0.143. The molecule has 0 heterocycles. The third-order valence-electron chi connectivity index (χ3n) is 4.84. The summed E-state index contributed by atoms with van der Waals surface area (Å²) in [7, 11) is -2.08. The van der Waals surface area contributed by atoms with E-state index in [0.717, 1.165) is 0 Å². The normalized spacial score (nSPS) is 11.5. The van der Waals surface area contributed by atoms with Crippen LogP contribution in [0, 0.1) is 0 Å². The lowest BCUT2D eigenvalue weighted by molar-refractivity contribution is -0.118. The number of rotatable bonds is 9. The third-order valence-corrected chi connectivity index (χ3v) is 9.20. The van der Waals surface area contributed by atoms with Crippen LogP contribution >= 0.6 is 7.26 Å². The third kappa shape index (κ3) is 4.76. The fourth-order valence-electron chi connectivity index (χ4n) is 3.52. The first-order valence-corrected chi connectivity index (χ1v) is 11.8. The van der Waals surface area contributed by atoms with Crippen LogP contribution in [-0.2, 0) is 9.53 Å². The van der Waals surface area contributed by atoms with Crippen LogP contribution in [0.3, 0.4) is 0 Å². The monoisotopic (exact) mass is 391 g/mol. The molecule has 3 heteroatoms. The highest BCUT2D eigenvalue weighted by Gasteiger charge is 2.46. The molecule has 0 unspecified atom stereocenters. The van der Waals surface area contributed by atoms with Crippen LogP contribution in [0.1, 0.15) is 20.3 Å². The van der Waals surface area contributed by atoms with E-state index in [1.54, 1.807) is 0 Å².